The van der Waals surface area contributed by atoms with Crippen LogP contribution in [0.1, 0.15) is 35.3 Å². The van der Waals surface area contributed by atoms with E-state index in [1.165, 1.54) is 16.4 Å². The lowest BCUT2D eigenvalue weighted by atomic mass is 10.1. The maximum atomic E-state index is 12.9. The molecule has 0 aromatic heterocycles. The lowest BCUT2D eigenvalue weighted by molar-refractivity contribution is -0.0440. The zero-order chi connectivity index (χ0) is 20.5. The molecule has 2 aromatic carbocycles. The van der Waals surface area contributed by atoms with E-state index in [0.717, 1.165) is 16.8 Å². The van der Waals surface area contributed by atoms with Crippen molar-refractivity contribution in [3.63, 3.8) is 0 Å². The van der Waals surface area contributed by atoms with Crippen molar-refractivity contribution in [3.05, 3.63) is 59.2 Å². The minimum Gasteiger partial charge on any atom is -0.373 e. The van der Waals surface area contributed by atoms with Crippen LogP contribution in [-0.4, -0.2) is 43.9 Å². The first-order valence-corrected chi connectivity index (χ1v) is 10.7. The highest BCUT2D eigenvalue weighted by Gasteiger charge is 2.32. The van der Waals surface area contributed by atoms with Crippen LogP contribution in [0.25, 0.3) is 0 Å². The molecule has 2 aromatic rings. The molecule has 1 saturated heterocycles. The number of nitrogens with zero attached hydrogens (tertiary/aromatic N) is 1. The number of hydrogen-bond acceptors (Lipinski definition) is 4. The zero-order valence-electron chi connectivity index (χ0n) is 16.6. The summed E-state index contributed by atoms with van der Waals surface area (Å²) >= 11 is 0. The fraction of sp³-hybridized carbons (Fsp3) is 0.381. The van der Waals surface area contributed by atoms with Crippen LogP contribution in [0.15, 0.2) is 47.4 Å². The third kappa shape index (κ3) is 4.43. The molecule has 150 valence electrons. The van der Waals surface area contributed by atoms with Crippen LogP contribution in [0.5, 0.6) is 0 Å². The highest BCUT2D eigenvalue weighted by Crippen LogP contribution is 2.22. The number of sulfonamides is 1. The first-order chi connectivity index (χ1) is 13.2. The Kier molecular flexibility index (Phi) is 5.88. The summed E-state index contributed by atoms with van der Waals surface area (Å²) in [4.78, 5) is 12.7. The van der Waals surface area contributed by atoms with Gasteiger partial charge in [-0.1, -0.05) is 17.7 Å². The molecule has 1 aliphatic heterocycles. The Morgan fingerprint density at radius 1 is 1.04 bits per heavy atom. The first-order valence-electron chi connectivity index (χ1n) is 9.31. The van der Waals surface area contributed by atoms with E-state index in [0.29, 0.717) is 18.7 Å². The highest BCUT2D eigenvalue weighted by molar-refractivity contribution is 7.89. The fourth-order valence-corrected chi connectivity index (χ4v) is 4.99. The summed E-state index contributed by atoms with van der Waals surface area (Å²) in [6.45, 7) is 8.29. The minimum absolute atomic E-state index is 0.152. The van der Waals surface area contributed by atoms with Crippen LogP contribution in [0.3, 0.4) is 0 Å². The number of benzene rings is 2. The molecule has 0 unspecified atom stereocenters. The van der Waals surface area contributed by atoms with Crippen LogP contribution < -0.4 is 5.32 Å². The van der Waals surface area contributed by atoms with Gasteiger partial charge in [0.05, 0.1) is 17.1 Å². The molecule has 1 heterocycles. The average molecular weight is 403 g/mol. The standard InChI is InChI=1S/C21H26N2O4S/c1-14-5-10-20(15(2)11-14)22-21(24)18-6-8-19(9-7-18)28(25,26)23-12-16(3)27-17(4)13-23/h5-11,16-17H,12-13H2,1-4H3,(H,22,24)/t16-,17+. The molecule has 2 atom stereocenters. The van der Waals surface area contributed by atoms with Crippen molar-refractivity contribution in [2.24, 2.45) is 0 Å². The second-order valence-electron chi connectivity index (χ2n) is 7.38. The number of anilines is 1. The molecule has 0 bridgehead atoms. The predicted octanol–water partition coefficient (Wildman–Crippen LogP) is 3.35. The zero-order valence-corrected chi connectivity index (χ0v) is 17.4. The van der Waals surface area contributed by atoms with Gasteiger partial charge in [0.25, 0.3) is 5.91 Å². The van der Waals surface area contributed by atoms with E-state index < -0.39 is 10.0 Å². The summed E-state index contributed by atoms with van der Waals surface area (Å²) in [6.07, 6.45) is -0.303. The largest absolute Gasteiger partial charge is 0.373 e. The summed E-state index contributed by atoms with van der Waals surface area (Å²) in [5.41, 5.74) is 3.24. The van der Waals surface area contributed by atoms with E-state index in [2.05, 4.69) is 5.32 Å². The van der Waals surface area contributed by atoms with Gasteiger partial charge in [0, 0.05) is 24.3 Å². The van der Waals surface area contributed by atoms with E-state index in [1.54, 1.807) is 12.1 Å². The topological polar surface area (TPSA) is 75.7 Å². The van der Waals surface area contributed by atoms with Gasteiger partial charge in [-0.3, -0.25) is 4.79 Å². The molecule has 3 rings (SSSR count). The van der Waals surface area contributed by atoms with Crippen molar-refractivity contribution < 1.29 is 17.9 Å². The molecule has 0 radical (unpaired) electrons. The van der Waals surface area contributed by atoms with Gasteiger partial charge in [-0.05, 0) is 63.6 Å². The Balaban J connectivity index is 1.76. The van der Waals surface area contributed by atoms with Crippen molar-refractivity contribution in [2.75, 3.05) is 18.4 Å². The molecule has 1 amide bonds. The molecule has 0 spiro atoms. The summed E-state index contributed by atoms with van der Waals surface area (Å²) in [7, 11) is -3.62. The van der Waals surface area contributed by atoms with Crippen molar-refractivity contribution in [3.8, 4) is 0 Å². The van der Waals surface area contributed by atoms with Gasteiger partial charge in [-0.15, -0.1) is 0 Å². The smallest absolute Gasteiger partial charge is 0.255 e. The SMILES string of the molecule is Cc1ccc(NC(=O)c2ccc(S(=O)(=O)N3C[C@@H](C)O[C@@H](C)C3)cc2)c(C)c1. The third-order valence-electron chi connectivity index (χ3n) is 4.77. The number of rotatable bonds is 4. The number of aryl methyl sites for hydroxylation is 2. The number of carbonyl (C=O) groups excluding carboxylic acids is 1. The van der Waals surface area contributed by atoms with E-state index in [9.17, 15) is 13.2 Å². The van der Waals surface area contributed by atoms with Crippen LogP contribution in [0.2, 0.25) is 0 Å². The Bertz CT molecular complexity index is 960. The molecule has 28 heavy (non-hydrogen) atoms. The second-order valence-corrected chi connectivity index (χ2v) is 9.31. The molecule has 1 N–H and O–H groups in total. The Morgan fingerprint density at radius 3 is 2.21 bits per heavy atom. The predicted molar refractivity (Wildman–Crippen MR) is 109 cm³/mol. The lowest BCUT2D eigenvalue weighted by Gasteiger charge is -2.34. The average Bonchev–Trinajstić information content (AvgIpc) is 2.63. The van der Waals surface area contributed by atoms with E-state index in [4.69, 9.17) is 4.74 Å². The number of carbonyl (C=O) groups is 1. The van der Waals surface area contributed by atoms with Crippen molar-refractivity contribution >= 4 is 21.6 Å². The van der Waals surface area contributed by atoms with Gasteiger partial charge >= 0.3 is 0 Å². The quantitative estimate of drug-likeness (QED) is 0.851. The summed E-state index contributed by atoms with van der Waals surface area (Å²) in [6, 6.07) is 11.8. The van der Waals surface area contributed by atoms with Crippen LogP contribution in [0, 0.1) is 13.8 Å². The van der Waals surface area contributed by atoms with Gasteiger partial charge in [-0.2, -0.15) is 4.31 Å². The molecule has 1 aliphatic rings. The van der Waals surface area contributed by atoms with E-state index in [1.807, 2.05) is 45.9 Å². The Hall–Kier alpha value is -2.22. The lowest BCUT2D eigenvalue weighted by Crippen LogP contribution is -2.48. The minimum atomic E-state index is -3.62. The molecular formula is C21H26N2O4S. The maximum absolute atomic E-state index is 12.9. The summed E-state index contributed by atoms with van der Waals surface area (Å²) in [5.74, 6) is -0.274. The monoisotopic (exact) mass is 402 g/mol. The summed E-state index contributed by atoms with van der Waals surface area (Å²) < 4.78 is 32.8. The number of morpholine rings is 1. The molecule has 0 saturated carbocycles. The van der Waals surface area contributed by atoms with Crippen LogP contribution in [-0.2, 0) is 14.8 Å². The van der Waals surface area contributed by atoms with Crippen LogP contribution >= 0.6 is 0 Å². The second kappa shape index (κ2) is 8.03. The van der Waals surface area contributed by atoms with Gasteiger partial charge in [0.1, 0.15) is 0 Å². The molecule has 1 fully saturated rings. The fourth-order valence-electron chi connectivity index (χ4n) is 3.40. The van der Waals surface area contributed by atoms with Gasteiger partial charge in [-0.25, -0.2) is 8.42 Å². The number of hydrogen-bond donors (Lipinski definition) is 1. The highest BCUT2D eigenvalue weighted by atomic mass is 32.2. The number of nitrogens with one attached hydrogen (secondary N) is 1. The van der Waals surface area contributed by atoms with Crippen molar-refractivity contribution in [1.82, 2.24) is 4.31 Å². The van der Waals surface area contributed by atoms with Gasteiger partial charge < -0.3 is 10.1 Å². The van der Waals surface area contributed by atoms with Crippen molar-refractivity contribution in [2.45, 2.75) is 44.8 Å². The van der Waals surface area contributed by atoms with Gasteiger partial charge in [0.2, 0.25) is 10.0 Å². The Morgan fingerprint density at radius 2 is 1.64 bits per heavy atom. The van der Waals surface area contributed by atoms with E-state index >= 15 is 0 Å². The maximum Gasteiger partial charge on any atom is 0.255 e. The third-order valence-corrected chi connectivity index (χ3v) is 6.62. The molecular weight excluding hydrogens is 376 g/mol. The molecule has 0 aliphatic carbocycles. The van der Waals surface area contributed by atoms with Crippen LogP contribution in [0.4, 0.5) is 5.69 Å². The number of amides is 1. The normalized spacial score (nSPS) is 20.7. The Labute approximate surface area is 166 Å². The van der Waals surface area contributed by atoms with Gasteiger partial charge in [0.15, 0.2) is 0 Å². The first kappa shape index (κ1) is 20.5. The van der Waals surface area contributed by atoms with E-state index in [-0.39, 0.29) is 23.0 Å². The number of ether oxygens (including phenoxy) is 1. The van der Waals surface area contributed by atoms with Crippen molar-refractivity contribution in [1.29, 1.82) is 0 Å². The molecule has 7 heteroatoms. The molecule has 6 nitrogen and oxygen atoms in total. The summed E-state index contributed by atoms with van der Waals surface area (Å²) in [5, 5.41) is 2.87.